The van der Waals surface area contributed by atoms with Crippen molar-refractivity contribution in [1.82, 2.24) is 24.1 Å². The van der Waals surface area contributed by atoms with E-state index >= 15 is 0 Å². The van der Waals surface area contributed by atoms with Crippen molar-refractivity contribution in [3.63, 3.8) is 0 Å². The van der Waals surface area contributed by atoms with E-state index in [9.17, 15) is 0 Å². The summed E-state index contributed by atoms with van der Waals surface area (Å²) in [6.45, 7) is 0. The van der Waals surface area contributed by atoms with Gasteiger partial charge in [-0.15, -0.1) is 0 Å². The number of aromatic nitrogens is 5. The van der Waals surface area contributed by atoms with Crippen LogP contribution in [0.5, 0.6) is 0 Å². The first kappa shape index (κ1) is 65.2. The van der Waals surface area contributed by atoms with Crippen LogP contribution in [0, 0.1) is 0 Å². The smallest absolute Gasteiger partial charge is 0.164 e. The van der Waals surface area contributed by atoms with Gasteiger partial charge in [0.2, 0.25) is 0 Å². The fourth-order valence-corrected chi connectivity index (χ4v) is 22.4. The molecule has 8 nitrogen and oxygen atoms in total. The lowest BCUT2D eigenvalue weighted by molar-refractivity contribution is 0.668. The lowest BCUT2D eigenvalue weighted by Crippen LogP contribution is -2.26. The van der Waals surface area contributed by atoms with Gasteiger partial charge in [-0.25, -0.2) is 15.0 Å². The molecule has 6 heterocycles. The summed E-state index contributed by atoms with van der Waals surface area (Å²) in [6, 6.07) is 140. The van der Waals surface area contributed by atoms with Crippen LogP contribution in [0.25, 0.3) is 222 Å². The number of hydrogen-bond donors (Lipinski definition) is 0. The van der Waals surface area contributed by atoms with Gasteiger partial charge in [0.25, 0.3) is 0 Å². The van der Waals surface area contributed by atoms with Gasteiger partial charge in [0.15, 0.2) is 17.5 Å². The number of nitrogens with zero attached hydrogens (tertiary/aromatic N) is 5. The predicted octanol–water partition coefficient (Wildman–Crippen LogP) is 28.8. The van der Waals surface area contributed by atoms with E-state index in [4.69, 9.17) is 28.2 Å². The summed E-state index contributed by atoms with van der Waals surface area (Å²) in [6.07, 6.45) is 0. The summed E-state index contributed by atoms with van der Waals surface area (Å²) >= 11 is 0. The largest absolute Gasteiger partial charge is 0.456 e. The first-order valence-electron chi connectivity index (χ1n) is 41.5. The summed E-state index contributed by atoms with van der Waals surface area (Å²) < 4.78 is 25.3. The van der Waals surface area contributed by atoms with Gasteiger partial charge in [-0.3, -0.25) is 0 Å². The molecule has 0 fully saturated rings. The van der Waals surface area contributed by atoms with Crippen LogP contribution in [-0.2, 0) is 10.8 Å². The van der Waals surface area contributed by atoms with Crippen molar-refractivity contribution in [3.05, 3.63) is 427 Å². The Hall–Kier alpha value is -16.0. The van der Waals surface area contributed by atoms with Crippen molar-refractivity contribution >= 4 is 109 Å². The highest BCUT2D eigenvalue weighted by molar-refractivity contribution is 6.18. The Morgan fingerprint density at radius 1 is 0.182 bits per heavy atom. The normalized spacial score (nSPS) is 13.6. The monoisotopic (exact) mass is 1540 g/mol. The van der Waals surface area contributed by atoms with Crippen LogP contribution in [-0.4, -0.2) is 24.1 Å². The van der Waals surface area contributed by atoms with Crippen molar-refractivity contribution in [1.29, 1.82) is 0 Å². The van der Waals surface area contributed by atoms with Crippen molar-refractivity contribution < 1.29 is 13.3 Å². The van der Waals surface area contributed by atoms with E-state index in [-0.39, 0.29) is 0 Å². The van der Waals surface area contributed by atoms with E-state index in [1.807, 2.05) is 48.5 Å². The fourth-order valence-electron chi connectivity index (χ4n) is 22.4. The molecule has 0 unspecified atom stereocenters. The summed E-state index contributed by atoms with van der Waals surface area (Å²) in [5.74, 6) is 1.50. The third kappa shape index (κ3) is 8.58. The number of furan rings is 3. The average Bonchev–Trinajstić information content (AvgIpc) is 1.51. The van der Waals surface area contributed by atoms with E-state index in [0.29, 0.717) is 17.5 Å². The van der Waals surface area contributed by atoms with Gasteiger partial charge < -0.3 is 22.4 Å². The molecule has 4 aliphatic rings. The Labute approximate surface area is 692 Å². The minimum Gasteiger partial charge on any atom is -0.456 e. The van der Waals surface area contributed by atoms with Gasteiger partial charge in [-0.1, -0.05) is 273 Å². The molecule has 0 radical (unpaired) electrons. The summed E-state index contributed by atoms with van der Waals surface area (Å²) in [5, 5.41) is 10.3. The van der Waals surface area contributed by atoms with Crippen LogP contribution in [0.1, 0.15) is 44.5 Å². The molecular weight excluding hydrogens is 1480 g/mol. The molecule has 8 heteroatoms. The van der Waals surface area contributed by atoms with E-state index in [1.165, 1.54) is 111 Å². The Kier molecular flexibility index (Phi) is 12.8. The number of rotatable bonds is 7. The lowest BCUT2D eigenvalue weighted by Gasteiger charge is -2.30. The maximum atomic E-state index is 6.91. The zero-order valence-electron chi connectivity index (χ0n) is 64.8. The Morgan fingerprint density at radius 3 is 0.835 bits per heavy atom. The predicted molar refractivity (Wildman–Crippen MR) is 490 cm³/mol. The molecule has 6 aromatic heterocycles. The molecule has 121 heavy (non-hydrogen) atoms. The minimum absolute atomic E-state index is 0.471. The molecular formula is C113H63N5O3. The maximum absolute atomic E-state index is 6.91. The molecule has 4 aliphatic carbocycles. The third-order valence-electron chi connectivity index (χ3n) is 27.2. The Morgan fingerprint density at radius 2 is 0.455 bits per heavy atom. The van der Waals surface area contributed by atoms with Crippen LogP contribution in [0.15, 0.2) is 395 Å². The maximum Gasteiger partial charge on any atom is 0.164 e. The number of benzene rings is 18. The molecule has 558 valence electrons. The van der Waals surface area contributed by atoms with Gasteiger partial charge in [-0.2, -0.15) is 0 Å². The minimum atomic E-state index is -0.471. The molecule has 0 saturated carbocycles. The topological polar surface area (TPSA) is 88.0 Å². The first-order valence-corrected chi connectivity index (χ1v) is 41.5. The molecule has 0 amide bonds. The van der Waals surface area contributed by atoms with Gasteiger partial charge in [0, 0.05) is 81.9 Å². The first-order chi connectivity index (χ1) is 60.0. The third-order valence-corrected chi connectivity index (χ3v) is 27.2. The lowest BCUT2D eigenvalue weighted by atomic mass is 9.70. The SMILES string of the molecule is c1ccc2c(c1)-c1ccccc1C21c2ccccc2-c2ccc(-n3c4ccccc4c4cc(-c5ccc6oc7cccc(-c8nc(-c9cccc%10oc%11ccccc%11c9%10)nc(-c9cccc%10oc%11ccc(-c%12ccc%13c(c%12)c%12ccccc%12n%13-c%12ccc%13c(c%12)C%12(c%14ccccc%14-c%14ccccc%14%12)c%12ccccc%12-%13)cc%11c9%10)n8)c7c6c5)ccc43)cc21. The summed E-state index contributed by atoms with van der Waals surface area (Å²) in [7, 11) is 0. The van der Waals surface area contributed by atoms with Crippen molar-refractivity contribution in [2.24, 2.45) is 0 Å². The second-order valence-corrected chi connectivity index (χ2v) is 33.0. The van der Waals surface area contributed by atoms with E-state index in [1.54, 1.807) is 0 Å². The molecule has 18 aromatic carbocycles. The highest BCUT2D eigenvalue weighted by atomic mass is 16.3. The van der Waals surface area contributed by atoms with Crippen LogP contribution < -0.4 is 0 Å². The molecule has 0 aliphatic heterocycles. The van der Waals surface area contributed by atoms with Gasteiger partial charge >= 0.3 is 0 Å². The van der Waals surface area contributed by atoms with E-state index in [0.717, 1.165) is 138 Å². The van der Waals surface area contributed by atoms with Gasteiger partial charge in [0.1, 0.15) is 33.5 Å². The summed E-state index contributed by atoms with van der Waals surface area (Å²) in [4.78, 5) is 16.8. The Bertz CT molecular complexity index is 8200. The second-order valence-electron chi connectivity index (χ2n) is 33.0. The van der Waals surface area contributed by atoms with Crippen molar-refractivity contribution in [2.45, 2.75) is 10.8 Å². The summed E-state index contributed by atoms with van der Waals surface area (Å²) in [5.41, 5.74) is 37.9. The average molecular weight is 1540 g/mol. The zero-order valence-corrected chi connectivity index (χ0v) is 64.8. The fraction of sp³-hybridized carbons (Fsp3) is 0.0177. The van der Waals surface area contributed by atoms with Crippen molar-refractivity contribution in [3.8, 4) is 112 Å². The van der Waals surface area contributed by atoms with E-state index < -0.39 is 10.8 Å². The molecule has 0 saturated heterocycles. The highest BCUT2D eigenvalue weighted by Gasteiger charge is 2.53. The van der Waals surface area contributed by atoms with Crippen molar-refractivity contribution in [2.75, 3.05) is 0 Å². The Balaban J connectivity index is 0.582. The van der Waals surface area contributed by atoms with Crippen LogP contribution in [0.3, 0.4) is 0 Å². The number of fused-ring (bicyclic) bond motifs is 35. The molecule has 24 aromatic rings. The quantitative estimate of drug-likeness (QED) is 0.158. The number of hydrogen-bond acceptors (Lipinski definition) is 6. The van der Waals surface area contributed by atoms with Gasteiger partial charge in [-0.05, 0) is 220 Å². The second kappa shape index (κ2) is 23.9. The van der Waals surface area contributed by atoms with Gasteiger partial charge in [0.05, 0.1) is 32.9 Å². The highest BCUT2D eigenvalue weighted by Crippen LogP contribution is 2.65. The van der Waals surface area contributed by atoms with Crippen LogP contribution in [0.4, 0.5) is 0 Å². The van der Waals surface area contributed by atoms with Crippen LogP contribution in [0.2, 0.25) is 0 Å². The van der Waals surface area contributed by atoms with E-state index in [2.05, 4.69) is 343 Å². The molecule has 0 atom stereocenters. The molecule has 2 spiro atoms. The molecule has 0 N–H and O–H groups in total. The number of para-hydroxylation sites is 3. The zero-order chi connectivity index (χ0) is 78.7. The molecule has 28 rings (SSSR count). The standard InChI is InChI=1S/C113H63N5O3/c1-10-34-88-70(22-1)71-23-2-11-35-89(71)112(88)92-38-14-5-26-74(92)76-52-50-68(62-94(76)112)117-96-40-16-7-28-78(96)84-58-64(46-54-98(84)117)66-48-56-101-86(60-66)107-82(32-20-44-104(107)120-101)110-114-109(81-31-19-43-103-106(81)80-30-9-18-42-100(80)119-103)115-111(116-110)83-33-21-45-105-108(83)87-61-67(49-57-102(87)121-105)65-47-55-99-85(59-65)79-29-8-17-41-97(79)118(99)69-51-53-77-75-27-6-15-39-93(75)113(95(77)63-69)90-36-12-3-24-72(90)73-25-4-13-37-91(73)113/h1-63H. The van der Waals surface area contributed by atoms with Crippen LogP contribution >= 0.6 is 0 Å². The molecule has 0 bridgehead atoms.